The summed E-state index contributed by atoms with van der Waals surface area (Å²) in [5.74, 6) is 0.839. The molecule has 0 aliphatic rings. The molecule has 0 radical (unpaired) electrons. The van der Waals surface area contributed by atoms with Crippen LogP contribution in [0.1, 0.15) is 285 Å². The summed E-state index contributed by atoms with van der Waals surface area (Å²) in [5.41, 5.74) is 0. The van der Waals surface area contributed by atoms with Gasteiger partial charge in [-0.2, -0.15) is 0 Å². The number of carbonyl (C=O) groups excluding carboxylic acids is 3. The van der Waals surface area contributed by atoms with Crippen molar-refractivity contribution in [2.45, 2.75) is 291 Å². The molecular formula is C52H100O6. The quantitative estimate of drug-likeness (QED) is 0.0346. The number of hydrogen-bond acceptors (Lipinski definition) is 6. The van der Waals surface area contributed by atoms with Crippen LogP contribution in [0.5, 0.6) is 0 Å². The summed E-state index contributed by atoms with van der Waals surface area (Å²) in [6.07, 6.45) is 45.1. The van der Waals surface area contributed by atoms with Gasteiger partial charge < -0.3 is 14.2 Å². The Morgan fingerprint density at radius 3 is 0.983 bits per heavy atom. The lowest BCUT2D eigenvalue weighted by molar-refractivity contribution is -0.167. The van der Waals surface area contributed by atoms with Crippen molar-refractivity contribution in [1.82, 2.24) is 0 Å². The van der Waals surface area contributed by atoms with Gasteiger partial charge in [0, 0.05) is 19.3 Å². The van der Waals surface area contributed by atoms with E-state index < -0.39 is 6.10 Å². The first-order chi connectivity index (χ1) is 28.3. The van der Waals surface area contributed by atoms with Gasteiger partial charge >= 0.3 is 17.9 Å². The minimum Gasteiger partial charge on any atom is -0.462 e. The first kappa shape index (κ1) is 56.4. The monoisotopic (exact) mass is 821 g/mol. The van der Waals surface area contributed by atoms with Crippen molar-refractivity contribution in [3.8, 4) is 0 Å². The van der Waals surface area contributed by atoms with Crippen molar-refractivity contribution in [1.29, 1.82) is 0 Å². The van der Waals surface area contributed by atoms with E-state index in [0.29, 0.717) is 19.3 Å². The first-order valence-electron chi connectivity index (χ1n) is 25.8. The number of rotatable bonds is 46. The second kappa shape index (κ2) is 44.9. The summed E-state index contributed by atoms with van der Waals surface area (Å²) in [7, 11) is 0. The molecule has 0 aromatic rings. The Bertz CT molecular complexity index is 887. The number of carbonyl (C=O) groups is 3. The van der Waals surface area contributed by atoms with E-state index in [-0.39, 0.29) is 31.1 Å². The topological polar surface area (TPSA) is 78.9 Å². The second-order valence-corrected chi connectivity index (χ2v) is 18.5. The normalized spacial score (nSPS) is 12.5. The standard InChI is InChI=1S/C52H100O6/c1-6-8-9-10-11-12-17-21-27-32-37-42-50(53)56-45-49(58-52(55)44-39-34-29-24-23-26-31-36-41-48(5)7-2)46-57-51(54)43-38-33-28-22-19-16-14-13-15-18-20-25-30-35-40-47(3)4/h47-49H,6-46H2,1-5H3/t48?,49-/m0/s1. The maximum absolute atomic E-state index is 12.8. The molecule has 0 N–H and O–H groups in total. The molecule has 0 saturated heterocycles. The summed E-state index contributed by atoms with van der Waals surface area (Å²) in [6.45, 7) is 11.4. The smallest absolute Gasteiger partial charge is 0.306 e. The highest BCUT2D eigenvalue weighted by atomic mass is 16.6. The molecule has 0 rings (SSSR count). The van der Waals surface area contributed by atoms with Gasteiger partial charge in [-0.15, -0.1) is 0 Å². The molecule has 0 fully saturated rings. The predicted molar refractivity (Wildman–Crippen MR) is 247 cm³/mol. The van der Waals surface area contributed by atoms with E-state index in [2.05, 4.69) is 34.6 Å². The van der Waals surface area contributed by atoms with E-state index in [1.165, 1.54) is 173 Å². The molecule has 0 saturated carbocycles. The van der Waals surface area contributed by atoms with Crippen LogP contribution in [-0.4, -0.2) is 37.2 Å². The van der Waals surface area contributed by atoms with Gasteiger partial charge in [-0.3, -0.25) is 14.4 Å². The highest BCUT2D eigenvalue weighted by Gasteiger charge is 2.19. The molecule has 0 aromatic carbocycles. The Morgan fingerprint density at radius 1 is 0.362 bits per heavy atom. The molecule has 0 spiro atoms. The number of esters is 3. The van der Waals surface area contributed by atoms with Crippen LogP contribution in [0.15, 0.2) is 0 Å². The fourth-order valence-corrected chi connectivity index (χ4v) is 7.78. The lowest BCUT2D eigenvalue weighted by atomic mass is 9.99. The number of ether oxygens (including phenoxy) is 3. The van der Waals surface area contributed by atoms with Crippen molar-refractivity contribution in [2.75, 3.05) is 13.2 Å². The van der Waals surface area contributed by atoms with Crippen molar-refractivity contribution in [3.63, 3.8) is 0 Å². The van der Waals surface area contributed by atoms with Crippen LogP contribution in [0, 0.1) is 11.8 Å². The van der Waals surface area contributed by atoms with Crippen LogP contribution in [-0.2, 0) is 28.6 Å². The van der Waals surface area contributed by atoms with Gasteiger partial charge in [-0.25, -0.2) is 0 Å². The zero-order valence-corrected chi connectivity index (χ0v) is 39.7. The van der Waals surface area contributed by atoms with Crippen LogP contribution in [0.4, 0.5) is 0 Å². The minimum absolute atomic E-state index is 0.0640. The predicted octanol–water partition coefficient (Wildman–Crippen LogP) is 16.5. The van der Waals surface area contributed by atoms with Gasteiger partial charge in [-0.1, -0.05) is 247 Å². The van der Waals surface area contributed by atoms with Crippen LogP contribution >= 0.6 is 0 Å². The Hall–Kier alpha value is -1.59. The van der Waals surface area contributed by atoms with Gasteiger partial charge in [-0.05, 0) is 31.1 Å². The Balaban J connectivity index is 4.28. The van der Waals surface area contributed by atoms with Crippen LogP contribution < -0.4 is 0 Å². The van der Waals surface area contributed by atoms with Crippen molar-refractivity contribution >= 4 is 17.9 Å². The summed E-state index contributed by atoms with van der Waals surface area (Å²) < 4.78 is 16.8. The fraction of sp³-hybridized carbons (Fsp3) is 0.942. The van der Waals surface area contributed by atoms with Gasteiger partial charge in [0.1, 0.15) is 13.2 Å². The molecule has 58 heavy (non-hydrogen) atoms. The SMILES string of the molecule is CCCCCCCCCCCCCC(=O)OC[C@@H](COC(=O)CCCCCCCCCCCCCCCCC(C)C)OC(=O)CCCCCCCCCCC(C)CC. The fourth-order valence-electron chi connectivity index (χ4n) is 7.78. The molecule has 0 aliphatic carbocycles. The van der Waals surface area contributed by atoms with Gasteiger partial charge in [0.05, 0.1) is 0 Å². The van der Waals surface area contributed by atoms with Crippen LogP contribution in [0.2, 0.25) is 0 Å². The van der Waals surface area contributed by atoms with Gasteiger partial charge in [0.15, 0.2) is 6.10 Å². The molecule has 0 bridgehead atoms. The number of hydrogen-bond donors (Lipinski definition) is 0. The molecule has 344 valence electrons. The third-order valence-electron chi connectivity index (χ3n) is 12.1. The van der Waals surface area contributed by atoms with E-state index in [1.54, 1.807) is 0 Å². The van der Waals surface area contributed by atoms with E-state index >= 15 is 0 Å². The molecule has 6 heteroatoms. The highest BCUT2D eigenvalue weighted by molar-refractivity contribution is 5.71. The van der Waals surface area contributed by atoms with Crippen LogP contribution in [0.3, 0.4) is 0 Å². The molecule has 6 nitrogen and oxygen atoms in total. The maximum atomic E-state index is 12.8. The Labute approximate surface area is 361 Å². The Morgan fingerprint density at radius 2 is 0.655 bits per heavy atom. The Kier molecular flexibility index (Phi) is 43.7. The third-order valence-corrected chi connectivity index (χ3v) is 12.1. The lowest BCUT2D eigenvalue weighted by Gasteiger charge is -2.18. The van der Waals surface area contributed by atoms with Crippen molar-refractivity contribution in [2.24, 2.45) is 11.8 Å². The van der Waals surface area contributed by atoms with E-state index in [4.69, 9.17) is 14.2 Å². The van der Waals surface area contributed by atoms with Crippen molar-refractivity contribution < 1.29 is 28.6 Å². The van der Waals surface area contributed by atoms with E-state index in [9.17, 15) is 14.4 Å². The summed E-state index contributed by atoms with van der Waals surface area (Å²) >= 11 is 0. The van der Waals surface area contributed by atoms with E-state index in [0.717, 1.165) is 69.6 Å². The summed E-state index contributed by atoms with van der Waals surface area (Å²) in [6, 6.07) is 0. The highest BCUT2D eigenvalue weighted by Crippen LogP contribution is 2.18. The van der Waals surface area contributed by atoms with Gasteiger partial charge in [0.2, 0.25) is 0 Å². The minimum atomic E-state index is -0.761. The summed E-state index contributed by atoms with van der Waals surface area (Å²) in [5, 5.41) is 0. The average Bonchev–Trinajstić information content (AvgIpc) is 3.21. The molecular weight excluding hydrogens is 721 g/mol. The zero-order chi connectivity index (χ0) is 42.6. The largest absolute Gasteiger partial charge is 0.462 e. The third kappa shape index (κ3) is 44.0. The number of unbranched alkanes of at least 4 members (excludes halogenated alkanes) is 30. The van der Waals surface area contributed by atoms with E-state index in [1.807, 2.05) is 0 Å². The molecule has 2 atom stereocenters. The molecule has 0 amide bonds. The molecule has 0 aliphatic heterocycles. The zero-order valence-electron chi connectivity index (χ0n) is 39.7. The van der Waals surface area contributed by atoms with Gasteiger partial charge in [0.25, 0.3) is 0 Å². The second-order valence-electron chi connectivity index (χ2n) is 18.5. The first-order valence-corrected chi connectivity index (χ1v) is 25.8. The molecule has 0 heterocycles. The maximum Gasteiger partial charge on any atom is 0.306 e. The summed E-state index contributed by atoms with van der Waals surface area (Å²) in [4.78, 5) is 37.9. The lowest BCUT2D eigenvalue weighted by Crippen LogP contribution is -2.30. The molecule has 0 aromatic heterocycles. The van der Waals surface area contributed by atoms with Crippen molar-refractivity contribution in [3.05, 3.63) is 0 Å². The van der Waals surface area contributed by atoms with Crippen LogP contribution in [0.25, 0.3) is 0 Å². The molecule has 1 unspecified atom stereocenters. The average molecular weight is 821 g/mol.